The summed E-state index contributed by atoms with van der Waals surface area (Å²) >= 11 is 0. The minimum atomic E-state index is -0.539. The molecular formula is C12H23N3O3. The lowest BCUT2D eigenvalue weighted by molar-refractivity contribution is -0.139. The van der Waals surface area contributed by atoms with E-state index in [-0.39, 0.29) is 0 Å². The lowest BCUT2D eigenvalue weighted by atomic mass is 10.3. The van der Waals surface area contributed by atoms with Crippen LogP contribution in [0, 0.1) is 0 Å². The second kappa shape index (κ2) is 8.88. The van der Waals surface area contributed by atoms with Gasteiger partial charge in [0.25, 0.3) is 0 Å². The van der Waals surface area contributed by atoms with Crippen LogP contribution < -0.4 is 10.6 Å². The molecule has 1 saturated heterocycles. The minimum absolute atomic E-state index is 0.537. The molecule has 1 aliphatic heterocycles. The minimum Gasteiger partial charge on any atom is -0.379 e. The number of nitrogens with one attached hydrogen (secondary N) is 2. The van der Waals surface area contributed by atoms with Crippen molar-refractivity contribution in [2.45, 2.75) is 19.8 Å². The number of ether oxygens (including phenoxy) is 1. The molecule has 0 atom stereocenters. The predicted octanol–water partition coefficient (Wildman–Crippen LogP) is -0.649. The van der Waals surface area contributed by atoms with Crippen LogP contribution in [0.4, 0.5) is 0 Å². The fraction of sp³-hybridized carbons (Fsp3) is 0.833. The van der Waals surface area contributed by atoms with Crippen LogP contribution in [0.2, 0.25) is 0 Å². The van der Waals surface area contributed by atoms with Gasteiger partial charge in [0, 0.05) is 26.2 Å². The Kier molecular flexibility index (Phi) is 7.36. The smallest absolute Gasteiger partial charge is 0.309 e. The van der Waals surface area contributed by atoms with Crippen molar-refractivity contribution >= 4 is 11.8 Å². The van der Waals surface area contributed by atoms with Crippen LogP contribution >= 0.6 is 0 Å². The molecule has 0 radical (unpaired) electrons. The summed E-state index contributed by atoms with van der Waals surface area (Å²) in [7, 11) is 0. The summed E-state index contributed by atoms with van der Waals surface area (Å²) < 4.78 is 5.25. The van der Waals surface area contributed by atoms with Gasteiger partial charge in [-0.3, -0.25) is 14.5 Å². The highest BCUT2D eigenvalue weighted by Gasteiger charge is 2.12. The van der Waals surface area contributed by atoms with E-state index in [1.165, 1.54) is 0 Å². The van der Waals surface area contributed by atoms with Crippen LogP contribution in [0.3, 0.4) is 0 Å². The Morgan fingerprint density at radius 2 is 1.72 bits per heavy atom. The quantitative estimate of drug-likeness (QED) is 0.490. The summed E-state index contributed by atoms with van der Waals surface area (Å²) in [5, 5.41) is 5.17. The molecular weight excluding hydrogens is 234 g/mol. The van der Waals surface area contributed by atoms with Crippen LogP contribution in [0.15, 0.2) is 0 Å². The van der Waals surface area contributed by atoms with E-state index in [0.29, 0.717) is 13.1 Å². The molecule has 0 spiro atoms. The van der Waals surface area contributed by atoms with Crippen LogP contribution in [-0.4, -0.2) is 62.7 Å². The predicted molar refractivity (Wildman–Crippen MR) is 68.2 cm³/mol. The molecule has 1 rings (SSSR count). The zero-order chi connectivity index (χ0) is 13.2. The molecule has 2 amide bonds. The second-order valence-electron chi connectivity index (χ2n) is 4.32. The van der Waals surface area contributed by atoms with Gasteiger partial charge in [-0.25, -0.2) is 0 Å². The van der Waals surface area contributed by atoms with Crippen LogP contribution in [-0.2, 0) is 14.3 Å². The Labute approximate surface area is 108 Å². The van der Waals surface area contributed by atoms with E-state index in [0.717, 1.165) is 45.7 Å². The van der Waals surface area contributed by atoms with Crippen molar-refractivity contribution in [3.63, 3.8) is 0 Å². The van der Waals surface area contributed by atoms with Gasteiger partial charge in [0.2, 0.25) is 0 Å². The van der Waals surface area contributed by atoms with E-state index in [9.17, 15) is 9.59 Å². The number of rotatable bonds is 6. The molecule has 1 aliphatic rings. The molecule has 6 nitrogen and oxygen atoms in total. The fourth-order valence-electron chi connectivity index (χ4n) is 1.73. The number of morpholine rings is 1. The van der Waals surface area contributed by atoms with Crippen LogP contribution in [0.5, 0.6) is 0 Å². The average Bonchev–Trinajstić information content (AvgIpc) is 2.41. The lowest BCUT2D eigenvalue weighted by Crippen LogP contribution is -2.42. The first-order valence-electron chi connectivity index (χ1n) is 6.60. The number of carbonyl (C=O) groups excluding carboxylic acids is 2. The van der Waals surface area contributed by atoms with E-state index in [2.05, 4.69) is 15.5 Å². The topological polar surface area (TPSA) is 70.7 Å². The lowest BCUT2D eigenvalue weighted by Gasteiger charge is -2.26. The maximum Gasteiger partial charge on any atom is 0.309 e. The molecule has 104 valence electrons. The van der Waals surface area contributed by atoms with Crippen LogP contribution in [0.25, 0.3) is 0 Å². The Morgan fingerprint density at radius 1 is 1.11 bits per heavy atom. The molecule has 2 N–H and O–H groups in total. The van der Waals surface area contributed by atoms with E-state index >= 15 is 0 Å². The average molecular weight is 257 g/mol. The van der Waals surface area contributed by atoms with Gasteiger partial charge < -0.3 is 15.4 Å². The van der Waals surface area contributed by atoms with E-state index in [4.69, 9.17) is 4.74 Å². The van der Waals surface area contributed by atoms with Gasteiger partial charge in [0.05, 0.1) is 13.2 Å². The van der Waals surface area contributed by atoms with Gasteiger partial charge >= 0.3 is 11.8 Å². The van der Waals surface area contributed by atoms with E-state index < -0.39 is 11.8 Å². The summed E-state index contributed by atoms with van der Waals surface area (Å²) in [6, 6.07) is 0. The van der Waals surface area contributed by atoms with Crippen LogP contribution in [0.1, 0.15) is 19.8 Å². The first-order valence-corrected chi connectivity index (χ1v) is 6.60. The highest BCUT2D eigenvalue weighted by Crippen LogP contribution is 1.97. The molecule has 0 bridgehead atoms. The van der Waals surface area contributed by atoms with Crippen molar-refractivity contribution < 1.29 is 14.3 Å². The highest BCUT2D eigenvalue weighted by atomic mass is 16.5. The Morgan fingerprint density at radius 3 is 2.33 bits per heavy atom. The summed E-state index contributed by atoms with van der Waals surface area (Å²) in [5.74, 6) is -1.08. The third kappa shape index (κ3) is 5.97. The SMILES string of the molecule is CCCNC(=O)C(=O)NCCCN1CCOCC1. The molecule has 0 aromatic carbocycles. The number of nitrogens with zero attached hydrogens (tertiary/aromatic N) is 1. The summed E-state index contributed by atoms with van der Waals surface area (Å²) in [5.41, 5.74) is 0. The highest BCUT2D eigenvalue weighted by molar-refractivity contribution is 6.35. The fourth-order valence-corrected chi connectivity index (χ4v) is 1.73. The van der Waals surface area contributed by atoms with Crippen molar-refractivity contribution in [3.8, 4) is 0 Å². The molecule has 1 fully saturated rings. The van der Waals surface area contributed by atoms with E-state index in [1.807, 2.05) is 6.92 Å². The first-order chi connectivity index (χ1) is 8.74. The molecule has 6 heteroatoms. The van der Waals surface area contributed by atoms with Gasteiger partial charge in [0.1, 0.15) is 0 Å². The summed E-state index contributed by atoms with van der Waals surface area (Å²) in [6.07, 6.45) is 1.68. The van der Waals surface area contributed by atoms with Crippen molar-refractivity contribution in [2.75, 3.05) is 45.9 Å². The normalized spacial score (nSPS) is 16.3. The maximum absolute atomic E-state index is 11.3. The Hall–Kier alpha value is -1.14. The van der Waals surface area contributed by atoms with Crippen molar-refractivity contribution in [3.05, 3.63) is 0 Å². The number of amides is 2. The molecule has 0 saturated carbocycles. The van der Waals surface area contributed by atoms with Gasteiger partial charge in [-0.2, -0.15) is 0 Å². The number of hydrogen-bond donors (Lipinski definition) is 2. The maximum atomic E-state index is 11.3. The van der Waals surface area contributed by atoms with Crippen molar-refractivity contribution in [1.29, 1.82) is 0 Å². The molecule has 0 aromatic rings. The Balaban J connectivity index is 2.02. The molecule has 0 aliphatic carbocycles. The van der Waals surface area contributed by atoms with Crippen molar-refractivity contribution in [2.24, 2.45) is 0 Å². The zero-order valence-corrected chi connectivity index (χ0v) is 11.0. The largest absolute Gasteiger partial charge is 0.379 e. The first kappa shape index (κ1) is 14.9. The summed E-state index contributed by atoms with van der Waals surface area (Å²) in [4.78, 5) is 24.9. The Bertz CT molecular complexity index is 265. The third-order valence-corrected chi connectivity index (χ3v) is 2.78. The zero-order valence-electron chi connectivity index (χ0n) is 11.0. The van der Waals surface area contributed by atoms with E-state index in [1.54, 1.807) is 0 Å². The monoisotopic (exact) mass is 257 g/mol. The molecule has 18 heavy (non-hydrogen) atoms. The number of hydrogen-bond acceptors (Lipinski definition) is 4. The standard InChI is InChI=1S/C12H23N3O3/c1-2-4-13-11(16)12(17)14-5-3-6-15-7-9-18-10-8-15/h2-10H2,1H3,(H,13,16)(H,14,17). The molecule has 1 heterocycles. The van der Waals surface area contributed by atoms with Gasteiger partial charge in [-0.15, -0.1) is 0 Å². The number of carbonyl (C=O) groups is 2. The molecule has 0 unspecified atom stereocenters. The summed E-state index contributed by atoms with van der Waals surface area (Å²) in [6.45, 7) is 7.42. The second-order valence-corrected chi connectivity index (χ2v) is 4.32. The third-order valence-electron chi connectivity index (χ3n) is 2.78. The van der Waals surface area contributed by atoms with Crippen molar-refractivity contribution in [1.82, 2.24) is 15.5 Å². The van der Waals surface area contributed by atoms with Gasteiger partial charge in [-0.1, -0.05) is 6.92 Å². The van der Waals surface area contributed by atoms with Gasteiger partial charge in [-0.05, 0) is 19.4 Å². The van der Waals surface area contributed by atoms with Gasteiger partial charge in [0.15, 0.2) is 0 Å². The molecule has 0 aromatic heterocycles.